The summed E-state index contributed by atoms with van der Waals surface area (Å²) in [6.07, 6.45) is -0.576. The molecule has 2 aliphatic heterocycles. The van der Waals surface area contributed by atoms with Gasteiger partial charge in [-0.1, -0.05) is 0 Å². The van der Waals surface area contributed by atoms with Crippen LogP contribution in [0.2, 0.25) is 0 Å². The summed E-state index contributed by atoms with van der Waals surface area (Å²) >= 11 is 0. The van der Waals surface area contributed by atoms with Crippen LogP contribution in [0.4, 0.5) is 0 Å². The van der Waals surface area contributed by atoms with E-state index in [1.165, 1.54) is 19.2 Å². The first-order valence-electron chi connectivity index (χ1n) is 9.74. The van der Waals surface area contributed by atoms with Gasteiger partial charge < -0.3 is 19.5 Å². The normalized spacial score (nSPS) is 26.3. The topological polar surface area (TPSA) is 108 Å². The summed E-state index contributed by atoms with van der Waals surface area (Å²) in [5.74, 6) is 0.631. The van der Waals surface area contributed by atoms with Gasteiger partial charge in [-0.15, -0.1) is 0 Å². The van der Waals surface area contributed by atoms with Gasteiger partial charge in [0.2, 0.25) is 15.9 Å². The molecule has 0 unspecified atom stereocenters. The predicted octanol–water partition coefficient (Wildman–Crippen LogP) is -0.344. The van der Waals surface area contributed by atoms with Crippen molar-refractivity contribution in [1.29, 1.82) is 0 Å². The molecule has 2 heterocycles. The zero-order valence-corrected chi connectivity index (χ0v) is 17.6. The summed E-state index contributed by atoms with van der Waals surface area (Å²) in [5, 5.41) is 10.6. The van der Waals surface area contributed by atoms with Crippen LogP contribution >= 0.6 is 0 Å². The molecule has 162 valence electrons. The van der Waals surface area contributed by atoms with Crippen molar-refractivity contribution in [3.8, 4) is 5.75 Å². The Kier molecular flexibility index (Phi) is 7.12. The number of benzene rings is 1. The van der Waals surface area contributed by atoms with Crippen LogP contribution in [-0.2, 0) is 19.6 Å². The molecule has 2 saturated heterocycles. The fourth-order valence-corrected chi connectivity index (χ4v) is 4.93. The van der Waals surface area contributed by atoms with E-state index in [-0.39, 0.29) is 17.4 Å². The van der Waals surface area contributed by atoms with Crippen LogP contribution in [0.15, 0.2) is 29.2 Å². The Morgan fingerprint density at radius 2 is 1.97 bits per heavy atom. The van der Waals surface area contributed by atoms with Gasteiger partial charge in [0.25, 0.3) is 0 Å². The van der Waals surface area contributed by atoms with Gasteiger partial charge in [-0.2, -0.15) is 0 Å². The molecule has 3 atom stereocenters. The van der Waals surface area contributed by atoms with Crippen LogP contribution in [-0.4, -0.2) is 93.9 Å². The number of carbonyl (C=O) groups is 1. The van der Waals surface area contributed by atoms with Gasteiger partial charge in [-0.25, -0.2) is 13.1 Å². The highest BCUT2D eigenvalue weighted by molar-refractivity contribution is 7.89. The Morgan fingerprint density at radius 3 is 2.62 bits per heavy atom. The molecule has 0 radical (unpaired) electrons. The minimum Gasteiger partial charge on any atom is -0.497 e. The van der Waals surface area contributed by atoms with Crippen molar-refractivity contribution < 1.29 is 27.8 Å². The molecule has 1 aromatic rings. The number of sulfonamides is 1. The molecule has 29 heavy (non-hydrogen) atoms. The molecule has 3 rings (SSSR count). The summed E-state index contributed by atoms with van der Waals surface area (Å²) < 4.78 is 38.5. The lowest BCUT2D eigenvalue weighted by Crippen LogP contribution is -2.47. The van der Waals surface area contributed by atoms with Crippen molar-refractivity contribution >= 4 is 15.9 Å². The number of methoxy groups -OCH3 is 1. The molecule has 9 nitrogen and oxygen atoms in total. The first-order chi connectivity index (χ1) is 13.8. The van der Waals surface area contributed by atoms with E-state index in [1.54, 1.807) is 19.1 Å². The number of aliphatic hydroxyl groups excluding tert-OH is 1. The van der Waals surface area contributed by atoms with Gasteiger partial charge >= 0.3 is 0 Å². The minimum absolute atomic E-state index is 0.0667. The zero-order valence-electron chi connectivity index (χ0n) is 16.8. The molecular weight excluding hydrogens is 398 g/mol. The Bertz CT molecular complexity index is 801. The monoisotopic (exact) mass is 427 g/mol. The molecule has 0 bridgehead atoms. The average molecular weight is 428 g/mol. The highest BCUT2D eigenvalue weighted by atomic mass is 32.2. The van der Waals surface area contributed by atoms with E-state index >= 15 is 0 Å². The van der Waals surface area contributed by atoms with Crippen molar-refractivity contribution in [3.63, 3.8) is 0 Å². The van der Waals surface area contributed by atoms with E-state index < -0.39 is 28.3 Å². The van der Waals surface area contributed by atoms with E-state index in [1.807, 2.05) is 4.90 Å². The second kappa shape index (κ2) is 9.40. The summed E-state index contributed by atoms with van der Waals surface area (Å²) in [5.41, 5.74) is 0. The van der Waals surface area contributed by atoms with Gasteiger partial charge in [0.15, 0.2) is 0 Å². The first-order valence-corrected chi connectivity index (χ1v) is 11.2. The van der Waals surface area contributed by atoms with Crippen LogP contribution in [0.5, 0.6) is 5.75 Å². The molecule has 0 aliphatic carbocycles. The van der Waals surface area contributed by atoms with E-state index in [4.69, 9.17) is 9.47 Å². The third-order valence-electron chi connectivity index (χ3n) is 5.43. The Hall–Kier alpha value is -1.72. The van der Waals surface area contributed by atoms with Crippen molar-refractivity contribution in [2.45, 2.75) is 36.5 Å². The number of hydrogen-bond donors (Lipinski definition) is 2. The van der Waals surface area contributed by atoms with E-state index in [2.05, 4.69) is 9.62 Å². The molecule has 0 spiro atoms. The quantitative estimate of drug-likeness (QED) is 0.639. The summed E-state index contributed by atoms with van der Waals surface area (Å²) in [6.45, 7) is 5.05. The van der Waals surface area contributed by atoms with Crippen LogP contribution < -0.4 is 9.46 Å². The van der Waals surface area contributed by atoms with Crippen molar-refractivity contribution in [3.05, 3.63) is 24.3 Å². The number of hydrogen-bond acceptors (Lipinski definition) is 7. The molecule has 0 aromatic heterocycles. The summed E-state index contributed by atoms with van der Waals surface area (Å²) in [6, 6.07) is 5.34. The summed E-state index contributed by atoms with van der Waals surface area (Å²) in [4.78, 5) is 15.6. The lowest BCUT2D eigenvalue weighted by molar-refractivity contribution is -0.128. The number of carbonyl (C=O) groups excluding carboxylic acids is 1. The number of ether oxygens (including phenoxy) is 2. The molecule has 1 amide bonds. The lowest BCUT2D eigenvalue weighted by Gasteiger charge is -2.26. The number of rotatable bonds is 6. The minimum atomic E-state index is -3.78. The Morgan fingerprint density at radius 1 is 1.24 bits per heavy atom. The maximum atomic E-state index is 12.6. The van der Waals surface area contributed by atoms with E-state index in [0.717, 1.165) is 19.5 Å². The maximum absolute atomic E-state index is 12.6. The molecule has 10 heteroatoms. The Balaban J connectivity index is 1.56. The third-order valence-corrected chi connectivity index (χ3v) is 6.94. The predicted molar refractivity (Wildman–Crippen MR) is 106 cm³/mol. The number of amides is 1. The SMILES string of the molecule is COc1ccc(S(=O)(=O)N[C@H]2CO[C@@H](CN3CCCN(C(C)=O)CC3)[C@@H]2O)cc1. The number of nitrogens with zero attached hydrogens (tertiary/aromatic N) is 2. The smallest absolute Gasteiger partial charge is 0.240 e. The van der Waals surface area contributed by atoms with Gasteiger partial charge in [-0.3, -0.25) is 9.69 Å². The number of nitrogens with one attached hydrogen (secondary N) is 1. The lowest BCUT2D eigenvalue weighted by atomic mass is 10.1. The second-order valence-corrected chi connectivity index (χ2v) is 9.14. The molecular formula is C19H29N3O6S. The van der Waals surface area contributed by atoms with Gasteiger partial charge in [0.1, 0.15) is 5.75 Å². The van der Waals surface area contributed by atoms with Gasteiger partial charge in [0.05, 0.1) is 36.9 Å². The maximum Gasteiger partial charge on any atom is 0.240 e. The molecule has 1 aromatic carbocycles. The fraction of sp³-hybridized carbons (Fsp3) is 0.632. The number of aliphatic hydroxyl groups is 1. The molecule has 2 aliphatic rings. The average Bonchev–Trinajstić information content (AvgIpc) is 2.89. The van der Waals surface area contributed by atoms with Gasteiger partial charge in [0, 0.05) is 33.1 Å². The largest absolute Gasteiger partial charge is 0.497 e. The first kappa shape index (κ1) is 22.0. The van der Waals surface area contributed by atoms with Crippen LogP contribution in [0.3, 0.4) is 0 Å². The fourth-order valence-electron chi connectivity index (χ4n) is 3.69. The van der Waals surface area contributed by atoms with Gasteiger partial charge in [-0.05, 0) is 37.2 Å². The highest BCUT2D eigenvalue weighted by Gasteiger charge is 2.39. The van der Waals surface area contributed by atoms with Crippen LogP contribution in [0, 0.1) is 0 Å². The molecule has 2 fully saturated rings. The van der Waals surface area contributed by atoms with E-state index in [0.29, 0.717) is 25.4 Å². The van der Waals surface area contributed by atoms with Crippen LogP contribution in [0.1, 0.15) is 13.3 Å². The summed E-state index contributed by atoms with van der Waals surface area (Å²) in [7, 11) is -2.27. The standard InChI is InChI=1S/C19H29N3O6S/c1-14(23)22-9-3-8-21(10-11-22)12-18-19(24)17(13-28-18)20-29(25,26)16-6-4-15(27-2)5-7-16/h4-7,17-20,24H,3,8-13H2,1-2H3/t17-,18-,19+/m0/s1. The van der Waals surface area contributed by atoms with Crippen LogP contribution in [0.25, 0.3) is 0 Å². The second-order valence-electron chi connectivity index (χ2n) is 7.43. The highest BCUT2D eigenvalue weighted by Crippen LogP contribution is 2.20. The third kappa shape index (κ3) is 5.46. The van der Waals surface area contributed by atoms with Crippen molar-refractivity contribution in [1.82, 2.24) is 14.5 Å². The van der Waals surface area contributed by atoms with Crippen molar-refractivity contribution in [2.75, 3.05) is 46.4 Å². The van der Waals surface area contributed by atoms with Crippen molar-refractivity contribution in [2.24, 2.45) is 0 Å². The van der Waals surface area contributed by atoms with E-state index in [9.17, 15) is 18.3 Å². The Labute approximate surface area is 171 Å². The zero-order chi connectivity index (χ0) is 21.0. The molecule has 0 saturated carbocycles. The molecule has 2 N–H and O–H groups in total.